The Kier molecular flexibility index (Phi) is 4.55. The molecule has 1 N–H and O–H groups in total. The van der Waals surface area contributed by atoms with Crippen LogP contribution in [0.4, 0.5) is 0 Å². The summed E-state index contributed by atoms with van der Waals surface area (Å²) in [6.45, 7) is 6.55. The molecule has 0 aromatic heterocycles. The van der Waals surface area contributed by atoms with Gasteiger partial charge in [-0.3, -0.25) is 9.69 Å². The van der Waals surface area contributed by atoms with E-state index in [1.165, 1.54) is 30.4 Å². The fraction of sp³-hybridized carbons (Fsp3) is 0.708. The van der Waals surface area contributed by atoms with Crippen LogP contribution >= 0.6 is 0 Å². The van der Waals surface area contributed by atoms with Crippen molar-refractivity contribution in [3.05, 3.63) is 35.4 Å². The van der Waals surface area contributed by atoms with Crippen molar-refractivity contribution < 1.29 is 9.90 Å². The Hall–Kier alpha value is -1.39. The molecule has 0 unspecified atom stereocenters. The van der Waals surface area contributed by atoms with Crippen molar-refractivity contribution in [2.75, 3.05) is 39.3 Å². The molecule has 4 heteroatoms. The first kappa shape index (κ1) is 18.6. The van der Waals surface area contributed by atoms with Crippen molar-refractivity contribution in [1.82, 2.24) is 9.80 Å². The first-order chi connectivity index (χ1) is 13.5. The molecule has 4 nitrogen and oxygen atoms in total. The van der Waals surface area contributed by atoms with Gasteiger partial charge in [-0.25, -0.2) is 0 Å². The van der Waals surface area contributed by atoms with Crippen LogP contribution in [-0.4, -0.2) is 60.1 Å². The molecule has 4 saturated carbocycles. The lowest BCUT2D eigenvalue weighted by atomic mass is 9.42. The van der Waals surface area contributed by atoms with E-state index in [1.807, 2.05) is 0 Å². The van der Waals surface area contributed by atoms with E-state index in [1.54, 1.807) is 0 Å². The average Bonchev–Trinajstić information content (AvgIpc) is 2.68. The van der Waals surface area contributed by atoms with E-state index in [0.717, 1.165) is 63.8 Å². The maximum absolute atomic E-state index is 13.8. The number of aliphatic hydroxyl groups is 1. The van der Waals surface area contributed by atoms with Crippen molar-refractivity contribution in [1.29, 1.82) is 0 Å². The summed E-state index contributed by atoms with van der Waals surface area (Å²) in [6.07, 6.45) is 7.20. The quantitative estimate of drug-likeness (QED) is 0.871. The molecular weight excluding hydrogens is 348 g/mol. The number of nitrogens with zero attached hydrogens (tertiary/aromatic N) is 2. The van der Waals surface area contributed by atoms with Gasteiger partial charge in [0.05, 0.1) is 12.0 Å². The third kappa shape index (κ3) is 3.00. The van der Waals surface area contributed by atoms with Gasteiger partial charge in [0.25, 0.3) is 0 Å². The Labute approximate surface area is 168 Å². The van der Waals surface area contributed by atoms with Crippen molar-refractivity contribution in [3.63, 3.8) is 0 Å². The molecule has 4 aliphatic carbocycles. The Morgan fingerprint density at radius 2 is 1.68 bits per heavy atom. The van der Waals surface area contributed by atoms with E-state index in [9.17, 15) is 9.90 Å². The zero-order valence-corrected chi connectivity index (χ0v) is 17.2. The van der Waals surface area contributed by atoms with Crippen LogP contribution in [0, 0.1) is 24.2 Å². The van der Waals surface area contributed by atoms with Gasteiger partial charge in [-0.15, -0.1) is 0 Å². The van der Waals surface area contributed by atoms with Crippen LogP contribution in [0.15, 0.2) is 24.3 Å². The number of piperazine rings is 1. The fourth-order valence-corrected chi connectivity index (χ4v) is 7.41. The molecule has 0 radical (unpaired) electrons. The molecular formula is C24H34N2O2. The highest BCUT2D eigenvalue weighted by molar-refractivity contribution is 5.84. The molecule has 1 aromatic rings. The summed E-state index contributed by atoms with van der Waals surface area (Å²) in [7, 11) is 0. The predicted molar refractivity (Wildman–Crippen MR) is 110 cm³/mol. The van der Waals surface area contributed by atoms with Crippen LogP contribution in [-0.2, 0) is 10.2 Å². The molecule has 152 valence electrons. The minimum Gasteiger partial charge on any atom is -0.395 e. The minimum absolute atomic E-state index is 0.117. The average molecular weight is 383 g/mol. The molecule has 5 aliphatic rings. The SMILES string of the molecule is Cc1ccc(C23C[C@H]4C[C@@H](CC(C(=O)N5CCN(CCO)CC5)(C4)C2)C3)cc1. The van der Waals surface area contributed by atoms with Gasteiger partial charge in [0.15, 0.2) is 0 Å². The van der Waals surface area contributed by atoms with Gasteiger partial charge in [0.2, 0.25) is 5.91 Å². The lowest BCUT2D eigenvalue weighted by Crippen LogP contribution is -2.61. The number of benzene rings is 1. The number of amides is 1. The number of carbonyl (C=O) groups excluding carboxylic acids is 1. The summed E-state index contributed by atoms with van der Waals surface area (Å²) in [5, 5.41) is 9.18. The third-order valence-electron chi connectivity index (χ3n) is 8.25. The van der Waals surface area contributed by atoms with Crippen LogP contribution in [0.2, 0.25) is 0 Å². The molecule has 1 aromatic carbocycles. The summed E-state index contributed by atoms with van der Waals surface area (Å²) in [5.41, 5.74) is 2.91. The maximum Gasteiger partial charge on any atom is 0.228 e. The predicted octanol–water partition coefficient (Wildman–Crippen LogP) is 2.97. The van der Waals surface area contributed by atoms with Crippen LogP contribution in [0.25, 0.3) is 0 Å². The van der Waals surface area contributed by atoms with Crippen LogP contribution in [0.1, 0.15) is 49.7 Å². The second-order valence-corrected chi connectivity index (χ2v) is 10.2. The summed E-state index contributed by atoms with van der Waals surface area (Å²) in [5.74, 6) is 1.89. The summed E-state index contributed by atoms with van der Waals surface area (Å²) < 4.78 is 0. The molecule has 4 bridgehead atoms. The minimum atomic E-state index is -0.117. The van der Waals surface area contributed by atoms with Crippen LogP contribution in [0.3, 0.4) is 0 Å². The maximum atomic E-state index is 13.8. The molecule has 28 heavy (non-hydrogen) atoms. The molecule has 1 heterocycles. The lowest BCUT2D eigenvalue weighted by Gasteiger charge is -2.62. The van der Waals surface area contributed by atoms with Gasteiger partial charge < -0.3 is 10.0 Å². The fourth-order valence-electron chi connectivity index (χ4n) is 7.41. The van der Waals surface area contributed by atoms with E-state index >= 15 is 0 Å². The number of hydrogen-bond acceptors (Lipinski definition) is 3. The van der Waals surface area contributed by atoms with Gasteiger partial charge in [-0.2, -0.15) is 0 Å². The number of aliphatic hydroxyl groups excluding tert-OH is 1. The summed E-state index contributed by atoms with van der Waals surface area (Å²) in [4.78, 5) is 18.2. The molecule has 1 aliphatic heterocycles. The standard InChI is InChI=1S/C24H34N2O2/c1-18-2-4-21(5-3-18)23-13-19-12-20(14-23)16-24(15-19,17-23)22(28)26-8-6-25(7-9-26)10-11-27/h2-5,19-20,27H,6-17H2,1H3/t19-,20-,23?,24?/m1/s1. The zero-order valence-electron chi connectivity index (χ0n) is 17.2. The van der Waals surface area contributed by atoms with Crippen molar-refractivity contribution in [2.45, 2.75) is 50.9 Å². The smallest absolute Gasteiger partial charge is 0.228 e. The van der Waals surface area contributed by atoms with Gasteiger partial charge >= 0.3 is 0 Å². The molecule has 2 atom stereocenters. The van der Waals surface area contributed by atoms with Gasteiger partial charge in [-0.05, 0) is 68.3 Å². The van der Waals surface area contributed by atoms with Crippen molar-refractivity contribution in [3.8, 4) is 0 Å². The van der Waals surface area contributed by atoms with E-state index < -0.39 is 0 Å². The van der Waals surface area contributed by atoms with Crippen LogP contribution in [0.5, 0.6) is 0 Å². The largest absolute Gasteiger partial charge is 0.395 e. The summed E-state index contributed by atoms with van der Waals surface area (Å²) >= 11 is 0. The first-order valence-electron chi connectivity index (χ1n) is 11.2. The first-order valence-corrected chi connectivity index (χ1v) is 11.2. The summed E-state index contributed by atoms with van der Waals surface area (Å²) in [6, 6.07) is 9.19. The highest BCUT2D eigenvalue weighted by Crippen LogP contribution is 2.66. The number of hydrogen-bond donors (Lipinski definition) is 1. The second kappa shape index (κ2) is 6.84. The van der Waals surface area contributed by atoms with Gasteiger partial charge in [0.1, 0.15) is 0 Å². The van der Waals surface area contributed by atoms with Crippen molar-refractivity contribution >= 4 is 5.91 Å². The Balaban J connectivity index is 1.39. The number of aryl methyl sites for hydroxylation is 1. The topological polar surface area (TPSA) is 43.8 Å². The highest BCUT2D eigenvalue weighted by atomic mass is 16.3. The Bertz CT molecular complexity index is 721. The number of rotatable bonds is 4. The highest BCUT2D eigenvalue weighted by Gasteiger charge is 2.61. The third-order valence-corrected chi connectivity index (χ3v) is 8.25. The molecule has 1 amide bonds. The zero-order chi connectivity index (χ0) is 19.4. The van der Waals surface area contributed by atoms with Gasteiger partial charge in [-0.1, -0.05) is 29.8 Å². The Morgan fingerprint density at radius 1 is 1.04 bits per heavy atom. The molecule has 0 spiro atoms. The lowest BCUT2D eigenvalue weighted by molar-refractivity contribution is -0.162. The van der Waals surface area contributed by atoms with E-state index in [4.69, 9.17) is 0 Å². The van der Waals surface area contributed by atoms with E-state index in [0.29, 0.717) is 5.91 Å². The second-order valence-electron chi connectivity index (χ2n) is 10.2. The van der Waals surface area contributed by atoms with Crippen LogP contribution < -0.4 is 0 Å². The van der Waals surface area contributed by atoms with E-state index in [2.05, 4.69) is 41.0 Å². The molecule has 6 rings (SSSR count). The molecule has 5 fully saturated rings. The normalized spacial score (nSPS) is 37.4. The monoisotopic (exact) mass is 382 g/mol. The number of carbonyl (C=O) groups is 1. The molecule has 1 saturated heterocycles. The van der Waals surface area contributed by atoms with E-state index in [-0.39, 0.29) is 17.4 Å². The van der Waals surface area contributed by atoms with Crippen molar-refractivity contribution in [2.24, 2.45) is 17.3 Å². The van der Waals surface area contributed by atoms with Gasteiger partial charge in [0, 0.05) is 32.7 Å². The Morgan fingerprint density at radius 3 is 2.29 bits per heavy atom. The number of β-amino-alcohol motifs (C(OH)–C–C–N with tert-alkyl or cyclic N) is 1.